The van der Waals surface area contributed by atoms with Crippen molar-refractivity contribution in [3.8, 4) is 0 Å². The third-order valence-corrected chi connectivity index (χ3v) is 1.25. The Morgan fingerprint density at radius 3 is 2.92 bits per heavy atom. The van der Waals surface area contributed by atoms with Crippen LogP contribution in [-0.2, 0) is 0 Å². The van der Waals surface area contributed by atoms with Gasteiger partial charge in [-0.15, -0.1) is 0 Å². The van der Waals surface area contributed by atoms with E-state index >= 15 is 0 Å². The second-order valence-corrected chi connectivity index (χ2v) is 2.18. The quantitative estimate of drug-likeness (QED) is 0.491. The first-order valence-corrected chi connectivity index (χ1v) is 3.50. The van der Waals surface area contributed by atoms with E-state index in [1.165, 1.54) is 16.9 Å². The van der Waals surface area contributed by atoms with Crippen molar-refractivity contribution in [3.05, 3.63) is 33.1 Å². The number of aromatic nitrogens is 2. The molecule has 0 aliphatic heterocycles. The van der Waals surface area contributed by atoms with Crippen LogP contribution in [0, 0.1) is 0 Å². The first-order chi connectivity index (χ1) is 5.74. The summed E-state index contributed by atoms with van der Waals surface area (Å²) >= 11 is 0. The molecule has 12 heavy (non-hydrogen) atoms. The largest absolute Gasteiger partial charge is 0.346 e. The average molecular weight is 170 g/mol. The van der Waals surface area contributed by atoms with Crippen molar-refractivity contribution < 1.29 is 0 Å². The lowest BCUT2D eigenvalue weighted by atomic mass is 10.6. The molecule has 1 rings (SSSR count). The van der Waals surface area contributed by atoms with E-state index in [9.17, 15) is 9.59 Å². The summed E-state index contributed by atoms with van der Waals surface area (Å²) in [5.74, 6) is 0. The standard InChI is InChI=1S/C6H10N4O2/c7-2-3-8-10-4-1-5(11)9-6(10)12/h1,4,8H,2-3,7H2,(H,9,11,12). The van der Waals surface area contributed by atoms with Gasteiger partial charge in [-0.1, -0.05) is 0 Å². The molecule has 1 heterocycles. The van der Waals surface area contributed by atoms with Gasteiger partial charge in [0.05, 0.1) is 0 Å². The molecule has 0 spiro atoms. The molecule has 6 nitrogen and oxygen atoms in total. The zero-order valence-electron chi connectivity index (χ0n) is 6.41. The van der Waals surface area contributed by atoms with Crippen LogP contribution < -0.4 is 22.4 Å². The van der Waals surface area contributed by atoms with Crippen molar-refractivity contribution >= 4 is 0 Å². The van der Waals surface area contributed by atoms with Gasteiger partial charge < -0.3 is 11.2 Å². The Labute approximate surface area is 68.0 Å². The number of hydrogen-bond donors (Lipinski definition) is 3. The number of nitrogens with zero attached hydrogens (tertiary/aromatic N) is 1. The molecule has 0 atom stereocenters. The highest BCUT2D eigenvalue weighted by atomic mass is 16.2. The first-order valence-electron chi connectivity index (χ1n) is 3.50. The normalized spacial score (nSPS) is 9.75. The van der Waals surface area contributed by atoms with Gasteiger partial charge in [0.25, 0.3) is 5.56 Å². The minimum Gasteiger partial charge on any atom is -0.329 e. The van der Waals surface area contributed by atoms with Gasteiger partial charge >= 0.3 is 5.69 Å². The fourth-order valence-corrected chi connectivity index (χ4v) is 0.727. The van der Waals surface area contributed by atoms with Gasteiger partial charge in [0.1, 0.15) is 0 Å². The van der Waals surface area contributed by atoms with E-state index in [1.807, 2.05) is 0 Å². The molecule has 0 saturated heterocycles. The van der Waals surface area contributed by atoms with Crippen molar-refractivity contribution in [2.75, 3.05) is 18.5 Å². The molecule has 6 heteroatoms. The minimum absolute atomic E-state index is 0.411. The van der Waals surface area contributed by atoms with Crippen molar-refractivity contribution in [1.82, 2.24) is 9.66 Å². The predicted molar refractivity (Wildman–Crippen MR) is 44.6 cm³/mol. The minimum atomic E-state index is -0.490. The van der Waals surface area contributed by atoms with Gasteiger partial charge in [0.2, 0.25) is 0 Å². The van der Waals surface area contributed by atoms with Crippen molar-refractivity contribution in [3.63, 3.8) is 0 Å². The summed E-state index contributed by atoms with van der Waals surface area (Å²) in [6.45, 7) is 0.900. The summed E-state index contributed by atoms with van der Waals surface area (Å²) in [5.41, 5.74) is 7.00. The maximum absolute atomic E-state index is 10.9. The molecule has 66 valence electrons. The summed E-state index contributed by atoms with van der Waals surface area (Å²) in [6.07, 6.45) is 1.36. The molecule has 0 radical (unpaired) electrons. The van der Waals surface area contributed by atoms with Crippen LogP contribution in [0.3, 0.4) is 0 Å². The van der Waals surface area contributed by atoms with Crippen LogP contribution in [0.25, 0.3) is 0 Å². The van der Waals surface area contributed by atoms with Crippen LogP contribution in [0.5, 0.6) is 0 Å². The molecule has 0 saturated carbocycles. The van der Waals surface area contributed by atoms with Crippen LogP contribution >= 0.6 is 0 Å². The van der Waals surface area contributed by atoms with Gasteiger partial charge in [-0.05, 0) is 0 Å². The molecule has 0 bridgehead atoms. The molecule has 1 aromatic heterocycles. The predicted octanol–water partition coefficient (Wildman–Crippen LogP) is -1.96. The number of nitrogens with one attached hydrogen (secondary N) is 2. The average Bonchev–Trinajstić information content (AvgIpc) is 2.03. The van der Waals surface area contributed by atoms with Gasteiger partial charge in [0, 0.05) is 25.4 Å². The second kappa shape index (κ2) is 3.72. The maximum Gasteiger partial charge on any atom is 0.346 e. The Morgan fingerprint density at radius 1 is 1.58 bits per heavy atom. The Balaban J connectivity index is 2.87. The van der Waals surface area contributed by atoms with E-state index in [4.69, 9.17) is 5.73 Å². The fraction of sp³-hybridized carbons (Fsp3) is 0.333. The SMILES string of the molecule is NCCNn1ccc(=O)[nH]c1=O. The molecular weight excluding hydrogens is 160 g/mol. The number of hydrogen-bond acceptors (Lipinski definition) is 4. The summed E-state index contributed by atoms with van der Waals surface area (Å²) in [6, 6.07) is 1.25. The van der Waals surface area contributed by atoms with E-state index in [2.05, 4.69) is 10.4 Å². The maximum atomic E-state index is 10.9. The summed E-state index contributed by atoms with van der Waals surface area (Å²) in [5, 5.41) is 0. The molecule has 4 N–H and O–H groups in total. The molecule has 0 aliphatic carbocycles. The van der Waals surface area contributed by atoms with E-state index in [-0.39, 0.29) is 0 Å². The molecule has 0 amide bonds. The monoisotopic (exact) mass is 170 g/mol. The number of H-pyrrole nitrogens is 1. The Morgan fingerprint density at radius 2 is 2.33 bits per heavy atom. The van der Waals surface area contributed by atoms with Crippen molar-refractivity contribution in [2.45, 2.75) is 0 Å². The fourth-order valence-electron chi connectivity index (χ4n) is 0.727. The molecular formula is C6H10N4O2. The van der Waals surface area contributed by atoms with E-state index < -0.39 is 11.2 Å². The Bertz CT molecular complexity index is 353. The summed E-state index contributed by atoms with van der Waals surface area (Å²) < 4.78 is 1.17. The second-order valence-electron chi connectivity index (χ2n) is 2.18. The third kappa shape index (κ3) is 1.96. The van der Waals surface area contributed by atoms with Gasteiger partial charge in [-0.2, -0.15) is 0 Å². The molecule has 1 aromatic rings. The highest BCUT2D eigenvalue weighted by molar-refractivity contribution is 4.85. The highest BCUT2D eigenvalue weighted by Gasteiger charge is 1.92. The number of aromatic amines is 1. The van der Waals surface area contributed by atoms with E-state index in [0.717, 1.165) is 0 Å². The highest BCUT2D eigenvalue weighted by Crippen LogP contribution is 1.66. The van der Waals surface area contributed by atoms with E-state index in [0.29, 0.717) is 13.1 Å². The zero-order chi connectivity index (χ0) is 8.97. The molecule has 0 unspecified atom stereocenters. The van der Waals surface area contributed by atoms with Gasteiger partial charge in [-0.3, -0.25) is 9.78 Å². The van der Waals surface area contributed by atoms with Gasteiger partial charge in [-0.25, -0.2) is 9.47 Å². The van der Waals surface area contributed by atoms with Crippen LogP contribution in [0.4, 0.5) is 0 Å². The summed E-state index contributed by atoms with van der Waals surface area (Å²) in [4.78, 5) is 23.6. The molecule has 0 fully saturated rings. The van der Waals surface area contributed by atoms with Crippen LogP contribution in [0.1, 0.15) is 0 Å². The first kappa shape index (κ1) is 8.54. The van der Waals surface area contributed by atoms with E-state index in [1.54, 1.807) is 0 Å². The molecule has 0 aliphatic rings. The lowest BCUT2D eigenvalue weighted by Crippen LogP contribution is -2.36. The Hall–Kier alpha value is -1.56. The van der Waals surface area contributed by atoms with Crippen LogP contribution in [0.15, 0.2) is 21.9 Å². The number of rotatable bonds is 3. The van der Waals surface area contributed by atoms with Crippen molar-refractivity contribution in [1.29, 1.82) is 0 Å². The topological polar surface area (TPSA) is 92.9 Å². The zero-order valence-corrected chi connectivity index (χ0v) is 6.41. The van der Waals surface area contributed by atoms with Crippen LogP contribution in [0.2, 0.25) is 0 Å². The summed E-state index contributed by atoms with van der Waals surface area (Å²) in [7, 11) is 0. The smallest absolute Gasteiger partial charge is 0.329 e. The molecule has 0 aromatic carbocycles. The lowest BCUT2D eigenvalue weighted by Gasteiger charge is -2.05. The lowest BCUT2D eigenvalue weighted by molar-refractivity contribution is 0.758. The van der Waals surface area contributed by atoms with Crippen LogP contribution in [-0.4, -0.2) is 22.7 Å². The Kier molecular flexibility index (Phi) is 2.65. The third-order valence-electron chi connectivity index (χ3n) is 1.25. The van der Waals surface area contributed by atoms with Gasteiger partial charge in [0.15, 0.2) is 0 Å². The number of nitrogens with two attached hydrogens (primary N) is 1. The van der Waals surface area contributed by atoms with Crippen molar-refractivity contribution in [2.24, 2.45) is 5.73 Å².